The third-order valence-corrected chi connectivity index (χ3v) is 1.36. The number of ketones is 1. The molecule has 12 heavy (non-hydrogen) atoms. The number of nitrogens with zero attached hydrogens (tertiary/aromatic N) is 1. The van der Waals surface area contributed by atoms with Crippen molar-refractivity contribution >= 4 is 5.78 Å². The predicted molar refractivity (Wildman–Crippen MR) is 44.0 cm³/mol. The summed E-state index contributed by atoms with van der Waals surface area (Å²) in [7, 11) is 0. The second kappa shape index (κ2) is 3.30. The minimum atomic E-state index is -0.397. The molecule has 0 aliphatic carbocycles. The number of H-pyrrole nitrogens is 1. The maximum atomic E-state index is 10.8. The molecule has 0 fully saturated rings. The zero-order valence-corrected chi connectivity index (χ0v) is 7.05. The molecule has 0 aliphatic rings. The second-order valence-corrected chi connectivity index (χ2v) is 2.74. The van der Waals surface area contributed by atoms with Gasteiger partial charge in [0.2, 0.25) is 0 Å². The van der Waals surface area contributed by atoms with Crippen LogP contribution in [-0.4, -0.2) is 15.8 Å². The van der Waals surface area contributed by atoms with Gasteiger partial charge in [-0.25, -0.2) is 4.79 Å². The largest absolute Gasteiger partial charge is 0.345 e. The Bertz CT molecular complexity index is 354. The van der Waals surface area contributed by atoms with Crippen LogP contribution in [0.4, 0.5) is 0 Å². The lowest BCUT2D eigenvalue weighted by atomic mass is 10.2. The van der Waals surface area contributed by atoms with Gasteiger partial charge in [-0.05, 0) is 19.9 Å². The maximum Gasteiger partial charge on any atom is 0.345 e. The van der Waals surface area contributed by atoms with E-state index < -0.39 is 5.69 Å². The molecule has 4 heteroatoms. The summed E-state index contributed by atoms with van der Waals surface area (Å²) >= 11 is 0. The van der Waals surface area contributed by atoms with Crippen LogP contribution in [0.1, 0.15) is 18.3 Å². The van der Waals surface area contributed by atoms with Gasteiger partial charge in [-0.2, -0.15) is 4.98 Å². The van der Waals surface area contributed by atoms with E-state index in [1.165, 1.54) is 6.92 Å². The third kappa shape index (κ3) is 2.30. The first-order valence-corrected chi connectivity index (χ1v) is 3.64. The Hall–Kier alpha value is -1.45. The summed E-state index contributed by atoms with van der Waals surface area (Å²) in [6.07, 6.45) is 0.227. The van der Waals surface area contributed by atoms with Crippen molar-refractivity contribution < 1.29 is 4.79 Å². The van der Waals surface area contributed by atoms with E-state index in [1.807, 2.05) is 0 Å². The Labute approximate surface area is 69.7 Å². The molecule has 1 aromatic heterocycles. The highest BCUT2D eigenvalue weighted by atomic mass is 16.1. The van der Waals surface area contributed by atoms with Crippen LogP contribution in [0.5, 0.6) is 0 Å². The van der Waals surface area contributed by atoms with Gasteiger partial charge in [0.25, 0.3) is 0 Å². The molecular weight excluding hydrogens is 156 g/mol. The summed E-state index contributed by atoms with van der Waals surface area (Å²) in [6.45, 7) is 3.23. The molecule has 0 aliphatic heterocycles. The highest BCUT2D eigenvalue weighted by Crippen LogP contribution is 1.95. The number of carbonyl (C=O) groups excluding carboxylic acids is 1. The molecule has 0 radical (unpaired) electrons. The predicted octanol–water partition coefficient (Wildman–Crippen LogP) is 0.210. The molecular formula is C8H10N2O2. The molecule has 1 heterocycles. The van der Waals surface area contributed by atoms with Crippen LogP contribution in [-0.2, 0) is 11.2 Å². The molecule has 0 aromatic carbocycles. The molecule has 1 N–H and O–H groups in total. The molecule has 4 nitrogen and oxygen atoms in total. The normalized spacial score (nSPS) is 9.83. The molecule has 0 amide bonds. The second-order valence-electron chi connectivity index (χ2n) is 2.74. The van der Waals surface area contributed by atoms with Crippen LogP contribution >= 0.6 is 0 Å². The van der Waals surface area contributed by atoms with Gasteiger partial charge in [-0.15, -0.1) is 0 Å². The maximum absolute atomic E-state index is 10.8. The summed E-state index contributed by atoms with van der Waals surface area (Å²) < 4.78 is 0. The fourth-order valence-corrected chi connectivity index (χ4v) is 0.991. The Morgan fingerprint density at radius 2 is 2.33 bits per heavy atom. The lowest BCUT2D eigenvalue weighted by Gasteiger charge is -1.96. The van der Waals surface area contributed by atoms with Crippen molar-refractivity contribution in [3.63, 3.8) is 0 Å². The summed E-state index contributed by atoms with van der Waals surface area (Å²) in [5, 5.41) is 0. The van der Waals surface area contributed by atoms with Crippen LogP contribution in [0.25, 0.3) is 0 Å². The van der Waals surface area contributed by atoms with E-state index in [4.69, 9.17) is 0 Å². The molecule has 0 unspecified atom stereocenters. The van der Waals surface area contributed by atoms with Crippen molar-refractivity contribution in [2.24, 2.45) is 0 Å². The first-order valence-electron chi connectivity index (χ1n) is 3.64. The minimum Gasteiger partial charge on any atom is -0.310 e. The third-order valence-electron chi connectivity index (χ3n) is 1.36. The molecule has 0 saturated heterocycles. The van der Waals surface area contributed by atoms with Crippen molar-refractivity contribution in [1.82, 2.24) is 9.97 Å². The standard InChI is InChI=1S/C8H10N2O2/c1-5-3-7(4-6(2)11)10-8(12)9-5/h3H,4H2,1-2H3,(H,9,10,12). The number of aryl methyl sites for hydroxylation is 1. The molecule has 1 aromatic rings. The van der Waals surface area contributed by atoms with E-state index >= 15 is 0 Å². The minimum absolute atomic E-state index is 0.00694. The van der Waals surface area contributed by atoms with Crippen LogP contribution in [0.2, 0.25) is 0 Å². The molecule has 0 spiro atoms. The number of hydrogen-bond donors (Lipinski definition) is 1. The van der Waals surface area contributed by atoms with Crippen molar-refractivity contribution in [3.05, 3.63) is 27.9 Å². The molecule has 0 bridgehead atoms. The zero-order valence-electron chi connectivity index (χ0n) is 7.05. The Morgan fingerprint density at radius 3 is 2.83 bits per heavy atom. The Kier molecular flexibility index (Phi) is 2.38. The van der Waals surface area contributed by atoms with E-state index in [0.717, 1.165) is 5.69 Å². The number of aromatic nitrogens is 2. The van der Waals surface area contributed by atoms with E-state index in [-0.39, 0.29) is 12.2 Å². The fraction of sp³-hybridized carbons (Fsp3) is 0.375. The van der Waals surface area contributed by atoms with E-state index in [2.05, 4.69) is 9.97 Å². The van der Waals surface area contributed by atoms with Crippen LogP contribution < -0.4 is 5.69 Å². The van der Waals surface area contributed by atoms with Gasteiger partial charge in [0.05, 0.1) is 5.69 Å². The van der Waals surface area contributed by atoms with Gasteiger partial charge < -0.3 is 4.98 Å². The quantitative estimate of drug-likeness (QED) is 0.683. The topological polar surface area (TPSA) is 62.8 Å². The Balaban J connectivity index is 3.01. The summed E-state index contributed by atoms with van der Waals surface area (Å²) in [4.78, 5) is 27.6. The molecule has 64 valence electrons. The molecule has 0 saturated carbocycles. The first-order chi connectivity index (χ1) is 5.58. The molecule has 0 atom stereocenters. The van der Waals surface area contributed by atoms with Crippen LogP contribution in [0.15, 0.2) is 10.9 Å². The van der Waals surface area contributed by atoms with Gasteiger partial charge in [-0.1, -0.05) is 0 Å². The van der Waals surface area contributed by atoms with Crippen molar-refractivity contribution in [3.8, 4) is 0 Å². The lowest BCUT2D eigenvalue weighted by molar-refractivity contribution is -0.116. The fourth-order valence-electron chi connectivity index (χ4n) is 0.991. The first kappa shape index (κ1) is 8.64. The highest BCUT2D eigenvalue weighted by Gasteiger charge is 2.00. The Morgan fingerprint density at radius 1 is 1.67 bits per heavy atom. The molecule has 1 rings (SSSR count). The van der Waals surface area contributed by atoms with Crippen molar-refractivity contribution in [1.29, 1.82) is 0 Å². The van der Waals surface area contributed by atoms with Crippen LogP contribution in [0, 0.1) is 6.92 Å². The summed E-state index contributed by atoms with van der Waals surface area (Å²) in [5.41, 5.74) is 0.862. The van der Waals surface area contributed by atoms with Gasteiger partial charge in [0.15, 0.2) is 0 Å². The SMILES string of the molecule is CC(=O)Cc1cc(C)[nH]c(=O)n1. The van der Waals surface area contributed by atoms with Crippen molar-refractivity contribution in [2.75, 3.05) is 0 Å². The highest BCUT2D eigenvalue weighted by molar-refractivity contribution is 5.77. The number of rotatable bonds is 2. The van der Waals surface area contributed by atoms with E-state index in [0.29, 0.717) is 5.69 Å². The summed E-state index contributed by atoms with van der Waals surface area (Å²) in [6, 6.07) is 1.70. The zero-order chi connectivity index (χ0) is 9.14. The van der Waals surface area contributed by atoms with Gasteiger partial charge in [-0.3, -0.25) is 4.79 Å². The number of Topliss-reactive ketones (excluding diaryl/α,β-unsaturated/α-hetero) is 1. The number of carbonyl (C=O) groups is 1. The average Bonchev–Trinajstić information content (AvgIpc) is 1.81. The number of aromatic amines is 1. The van der Waals surface area contributed by atoms with E-state index in [1.54, 1.807) is 13.0 Å². The van der Waals surface area contributed by atoms with Gasteiger partial charge in [0.1, 0.15) is 5.78 Å². The number of nitrogens with one attached hydrogen (secondary N) is 1. The van der Waals surface area contributed by atoms with Crippen LogP contribution in [0.3, 0.4) is 0 Å². The van der Waals surface area contributed by atoms with Gasteiger partial charge >= 0.3 is 5.69 Å². The number of hydrogen-bond acceptors (Lipinski definition) is 3. The van der Waals surface area contributed by atoms with Crippen molar-refractivity contribution in [2.45, 2.75) is 20.3 Å². The van der Waals surface area contributed by atoms with E-state index in [9.17, 15) is 9.59 Å². The average molecular weight is 166 g/mol. The monoisotopic (exact) mass is 166 g/mol. The smallest absolute Gasteiger partial charge is 0.310 e. The lowest BCUT2D eigenvalue weighted by Crippen LogP contribution is -2.15. The summed E-state index contributed by atoms with van der Waals surface area (Å²) in [5.74, 6) is 0.00694. The van der Waals surface area contributed by atoms with Gasteiger partial charge in [0, 0.05) is 12.1 Å².